The Labute approximate surface area is 134 Å². The minimum absolute atomic E-state index is 0.161. The molecular formula is C16H19N5O2. The first-order chi connectivity index (χ1) is 11.2. The van der Waals surface area contributed by atoms with E-state index in [-0.39, 0.29) is 17.9 Å². The molecule has 0 radical (unpaired) electrons. The highest BCUT2D eigenvalue weighted by Gasteiger charge is 2.20. The second-order valence-electron chi connectivity index (χ2n) is 5.60. The van der Waals surface area contributed by atoms with Crippen LogP contribution in [0.3, 0.4) is 0 Å². The maximum Gasteiger partial charge on any atom is 0.258 e. The van der Waals surface area contributed by atoms with E-state index in [1.807, 2.05) is 0 Å². The van der Waals surface area contributed by atoms with Crippen molar-refractivity contribution in [2.24, 2.45) is 0 Å². The van der Waals surface area contributed by atoms with E-state index in [0.29, 0.717) is 11.3 Å². The predicted octanol–water partition coefficient (Wildman–Crippen LogP) is 2.65. The van der Waals surface area contributed by atoms with Crippen molar-refractivity contribution in [2.45, 2.75) is 38.1 Å². The fourth-order valence-electron chi connectivity index (χ4n) is 2.78. The van der Waals surface area contributed by atoms with Gasteiger partial charge in [0.15, 0.2) is 0 Å². The van der Waals surface area contributed by atoms with Crippen molar-refractivity contribution in [3.63, 3.8) is 0 Å². The number of anilines is 2. The lowest BCUT2D eigenvalue weighted by molar-refractivity contribution is 0.102. The van der Waals surface area contributed by atoms with Crippen LogP contribution in [0.1, 0.15) is 42.5 Å². The molecule has 0 spiro atoms. The SMILES string of the molecule is O=C(Nc1ncncn1)c1ccc(N(O)C2CCCCC2)cc1. The number of hydrogen-bond acceptors (Lipinski definition) is 6. The Balaban J connectivity index is 1.65. The number of aromatic nitrogens is 3. The van der Waals surface area contributed by atoms with Crippen molar-refractivity contribution in [1.29, 1.82) is 0 Å². The van der Waals surface area contributed by atoms with Gasteiger partial charge in [0, 0.05) is 5.56 Å². The van der Waals surface area contributed by atoms with Gasteiger partial charge in [0.25, 0.3) is 5.91 Å². The fraction of sp³-hybridized carbons (Fsp3) is 0.375. The van der Waals surface area contributed by atoms with Crippen LogP contribution in [0, 0.1) is 0 Å². The van der Waals surface area contributed by atoms with E-state index in [4.69, 9.17) is 0 Å². The van der Waals surface area contributed by atoms with Gasteiger partial charge in [0.05, 0.1) is 11.7 Å². The number of nitrogens with one attached hydrogen (secondary N) is 1. The van der Waals surface area contributed by atoms with Crippen LogP contribution in [-0.2, 0) is 0 Å². The Kier molecular flexibility index (Phi) is 4.77. The Morgan fingerprint density at radius 3 is 2.39 bits per heavy atom. The Morgan fingerprint density at radius 2 is 1.74 bits per heavy atom. The van der Waals surface area contributed by atoms with E-state index in [0.717, 1.165) is 25.7 Å². The molecule has 0 bridgehead atoms. The van der Waals surface area contributed by atoms with Gasteiger partial charge in [-0.05, 0) is 37.1 Å². The Hall–Kier alpha value is -2.54. The molecule has 0 saturated heterocycles. The third-order valence-electron chi connectivity index (χ3n) is 4.03. The topological polar surface area (TPSA) is 91.2 Å². The summed E-state index contributed by atoms with van der Waals surface area (Å²) in [6.45, 7) is 0. The van der Waals surface area contributed by atoms with Crippen molar-refractivity contribution < 1.29 is 10.0 Å². The largest absolute Gasteiger partial charge is 0.290 e. The first-order valence-corrected chi connectivity index (χ1v) is 7.75. The standard InChI is InChI=1S/C16H19N5O2/c22-15(20-16-18-10-17-11-19-16)12-6-8-14(9-7-12)21(23)13-4-2-1-3-5-13/h6-11,13,23H,1-5H2,(H,17,18,19,20,22). The highest BCUT2D eigenvalue weighted by molar-refractivity contribution is 6.03. The number of hydrogen-bond donors (Lipinski definition) is 2. The number of rotatable bonds is 4. The number of amides is 1. The molecule has 1 aliphatic rings. The number of nitrogens with zero attached hydrogens (tertiary/aromatic N) is 4. The van der Waals surface area contributed by atoms with E-state index in [9.17, 15) is 10.0 Å². The fourth-order valence-corrected chi connectivity index (χ4v) is 2.78. The van der Waals surface area contributed by atoms with Crippen LogP contribution in [0.2, 0.25) is 0 Å². The molecule has 1 aromatic heterocycles. The molecule has 0 aliphatic heterocycles. The van der Waals surface area contributed by atoms with Crippen molar-refractivity contribution in [1.82, 2.24) is 15.0 Å². The summed E-state index contributed by atoms with van der Waals surface area (Å²) in [7, 11) is 0. The van der Waals surface area contributed by atoms with Gasteiger partial charge in [0.2, 0.25) is 5.95 Å². The van der Waals surface area contributed by atoms with E-state index < -0.39 is 0 Å². The molecule has 1 heterocycles. The summed E-state index contributed by atoms with van der Waals surface area (Å²) in [6.07, 6.45) is 8.16. The molecular weight excluding hydrogens is 294 g/mol. The molecule has 7 heteroatoms. The lowest BCUT2D eigenvalue weighted by atomic mass is 9.95. The molecule has 1 amide bonds. The van der Waals surface area contributed by atoms with Crippen molar-refractivity contribution >= 4 is 17.5 Å². The molecule has 1 saturated carbocycles. The molecule has 7 nitrogen and oxygen atoms in total. The maximum absolute atomic E-state index is 12.1. The molecule has 23 heavy (non-hydrogen) atoms. The monoisotopic (exact) mass is 313 g/mol. The zero-order valence-electron chi connectivity index (χ0n) is 12.7. The second-order valence-corrected chi connectivity index (χ2v) is 5.60. The quantitative estimate of drug-likeness (QED) is 0.843. The van der Waals surface area contributed by atoms with Crippen LogP contribution in [0.15, 0.2) is 36.9 Å². The second kappa shape index (κ2) is 7.15. The van der Waals surface area contributed by atoms with Crippen LogP contribution in [0.5, 0.6) is 0 Å². The average molecular weight is 313 g/mol. The summed E-state index contributed by atoms with van der Waals surface area (Å²) in [5.41, 5.74) is 1.18. The van der Waals surface area contributed by atoms with Crippen LogP contribution in [-0.4, -0.2) is 32.1 Å². The minimum atomic E-state index is -0.301. The Morgan fingerprint density at radius 1 is 1.09 bits per heavy atom. The third-order valence-corrected chi connectivity index (χ3v) is 4.03. The average Bonchev–Trinajstić information content (AvgIpc) is 2.63. The van der Waals surface area contributed by atoms with Gasteiger partial charge in [-0.1, -0.05) is 19.3 Å². The lowest BCUT2D eigenvalue weighted by Gasteiger charge is -2.30. The summed E-state index contributed by atoms with van der Waals surface area (Å²) >= 11 is 0. The summed E-state index contributed by atoms with van der Waals surface area (Å²) < 4.78 is 0. The number of benzene rings is 1. The van der Waals surface area contributed by atoms with E-state index >= 15 is 0 Å². The van der Waals surface area contributed by atoms with Crippen LogP contribution < -0.4 is 10.4 Å². The number of carbonyl (C=O) groups is 1. The molecule has 1 fully saturated rings. The Bertz CT molecular complexity index is 641. The van der Waals surface area contributed by atoms with Crippen LogP contribution in [0.25, 0.3) is 0 Å². The maximum atomic E-state index is 12.1. The minimum Gasteiger partial charge on any atom is -0.290 e. The van der Waals surface area contributed by atoms with Crippen LogP contribution in [0.4, 0.5) is 11.6 Å². The van der Waals surface area contributed by atoms with Gasteiger partial charge in [-0.15, -0.1) is 0 Å². The van der Waals surface area contributed by atoms with Gasteiger partial charge < -0.3 is 0 Å². The molecule has 1 aliphatic carbocycles. The summed E-state index contributed by atoms with van der Waals surface area (Å²) in [6, 6.07) is 7.01. The number of hydroxylamine groups is 1. The van der Waals surface area contributed by atoms with Gasteiger partial charge in [-0.3, -0.25) is 20.4 Å². The van der Waals surface area contributed by atoms with Crippen LogP contribution >= 0.6 is 0 Å². The lowest BCUT2D eigenvalue weighted by Crippen LogP contribution is -2.33. The zero-order chi connectivity index (χ0) is 16.1. The molecule has 0 atom stereocenters. The normalized spacial score (nSPS) is 15.2. The molecule has 2 aromatic rings. The van der Waals surface area contributed by atoms with E-state index in [1.165, 1.54) is 24.1 Å². The smallest absolute Gasteiger partial charge is 0.258 e. The summed E-state index contributed by atoms with van der Waals surface area (Å²) in [5, 5.41) is 14.2. The zero-order valence-corrected chi connectivity index (χ0v) is 12.7. The first-order valence-electron chi connectivity index (χ1n) is 7.75. The van der Waals surface area contributed by atoms with Gasteiger partial charge in [-0.25, -0.2) is 15.0 Å². The van der Waals surface area contributed by atoms with E-state index in [1.54, 1.807) is 24.3 Å². The summed E-state index contributed by atoms with van der Waals surface area (Å²) in [5.74, 6) is -0.0926. The molecule has 1 aromatic carbocycles. The number of carbonyl (C=O) groups excluding carboxylic acids is 1. The molecule has 0 unspecified atom stereocenters. The highest BCUT2D eigenvalue weighted by atomic mass is 16.5. The van der Waals surface area contributed by atoms with Crippen molar-refractivity contribution in [2.75, 3.05) is 10.4 Å². The first kappa shape index (κ1) is 15.4. The highest BCUT2D eigenvalue weighted by Crippen LogP contribution is 2.26. The third kappa shape index (κ3) is 3.81. The van der Waals surface area contributed by atoms with Crippen molar-refractivity contribution in [3.8, 4) is 0 Å². The van der Waals surface area contributed by atoms with E-state index in [2.05, 4.69) is 20.3 Å². The van der Waals surface area contributed by atoms with Crippen molar-refractivity contribution in [3.05, 3.63) is 42.5 Å². The summed E-state index contributed by atoms with van der Waals surface area (Å²) in [4.78, 5) is 23.5. The van der Waals surface area contributed by atoms with Gasteiger partial charge in [0.1, 0.15) is 12.7 Å². The van der Waals surface area contributed by atoms with Gasteiger partial charge >= 0.3 is 0 Å². The van der Waals surface area contributed by atoms with Gasteiger partial charge in [-0.2, -0.15) is 0 Å². The molecule has 3 rings (SSSR count). The molecule has 120 valence electrons. The molecule has 2 N–H and O–H groups in total. The predicted molar refractivity (Wildman–Crippen MR) is 85.4 cm³/mol.